The van der Waals surface area contributed by atoms with Crippen molar-refractivity contribution in [2.45, 2.75) is 45.2 Å². The molecule has 1 aromatic rings. The highest BCUT2D eigenvalue weighted by Gasteiger charge is 2.38. The van der Waals surface area contributed by atoms with Gasteiger partial charge in [-0.25, -0.2) is 0 Å². The largest absolute Gasteiger partial charge is 0.327 e. The molecule has 2 heteroatoms. The summed E-state index contributed by atoms with van der Waals surface area (Å²) in [6, 6.07) is 9.26. The van der Waals surface area contributed by atoms with Crippen LogP contribution in [-0.2, 0) is 13.0 Å². The summed E-state index contributed by atoms with van der Waals surface area (Å²) in [7, 11) is 0. The fraction of sp³-hybridized carbons (Fsp3) is 0.625. The number of nitrogens with zero attached hydrogens (tertiary/aromatic N) is 1. The zero-order valence-corrected chi connectivity index (χ0v) is 11.4. The number of nitrogens with two attached hydrogens (primary N) is 1. The highest BCUT2D eigenvalue weighted by atomic mass is 15.1. The summed E-state index contributed by atoms with van der Waals surface area (Å²) in [6.07, 6.45) is 5.01. The van der Waals surface area contributed by atoms with Crippen molar-refractivity contribution < 1.29 is 0 Å². The SMILES string of the molecule is CC1(CN2CCc3ccccc3C2)CCCC1N. The molecule has 0 amide bonds. The third-order valence-corrected chi connectivity index (χ3v) is 4.95. The molecule has 2 aliphatic rings. The first kappa shape index (κ1) is 12.2. The van der Waals surface area contributed by atoms with Crippen molar-refractivity contribution in [3.05, 3.63) is 35.4 Å². The predicted molar refractivity (Wildman–Crippen MR) is 75.4 cm³/mol. The van der Waals surface area contributed by atoms with Crippen LogP contribution in [0.3, 0.4) is 0 Å². The van der Waals surface area contributed by atoms with Gasteiger partial charge in [0.2, 0.25) is 0 Å². The lowest BCUT2D eigenvalue weighted by atomic mass is 9.84. The van der Waals surface area contributed by atoms with Crippen molar-refractivity contribution in [3.63, 3.8) is 0 Å². The van der Waals surface area contributed by atoms with Gasteiger partial charge in [-0.3, -0.25) is 4.90 Å². The Bertz CT molecular complexity index is 429. The Morgan fingerprint density at radius 3 is 2.83 bits per heavy atom. The fourth-order valence-electron chi connectivity index (χ4n) is 3.66. The van der Waals surface area contributed by atoms with Gasteiger partial charge in [-0.2, -0.15) is 0 Å². The second-order valence-corrected chi connectivity index (χ2v) is 6.38. The summed E-state index contributed by atoms with van der Waals surface area (Å²) >= 11 is 0. The number of fused-ring (bicyclic) bond motifs is 1. The molecule has 2 N–H and O–H groups in total. The smallest absolute Gasteiger partial charge is 0.0236 e. The van der Waals surface area contributed by atoms with Crippen molar-refractivity contribution in [2.24, 2.45) is 11.1 Å². The monoisotopic (exact) mass is 244 g/mol. The molecular weight excluding hydrogens is 220 g/mol. The van der Waals surface area contributed by atoms with E-state index in [2.05, 4.69) is 36.1 Å². The molecule has 0 spiro atoms. The number of hydrogen-bond acceptors (Lipinski definition) is 2. The van der Waals surface area contributed by atoms with Crippen LogP contribution in [0.1, 0.15) is 37.3 Å². The quantitative estimate of drug-likeness (QED) is 0.866. The minimum Gasteiger partial charge on any atom is -0.327 e. The predicted octanol–water partition coefficient (Wildman–Crippen LogP) is 2.56. The van der Waals surface area contributed by atoms with Crippen LogP contribution in [0, 0.1) is 5.41 Å². The molecular formula is C16H24N2. The lowest BCUT2D eigenvalue weighted by molar-refractivity contribution is 0.141. The van der Waals surface area contributed by atoms with Crippen LogP contribution in [0.25, 0.3) is 0 Å². The molecule has 2 atom stereocenters. The molecule has 3 rings (SSSR count). The first-order chi connectivity index (χ1) is 8.67. The fourth-order valence-corrected chi connectivity index (χ4v) is 3.66. The van der Waals surface area contributed by atoms with E-state index >= 15 is 0 Å². The number of rotatable bonds is 2. The zero-order valence-electron chi connectivity index (χ0n) is 11.4. The van der Waals surface area contributed by atoms with E-state index in [0.29, 0.717) is 11.5 Å². The van der Waals surface area contributed by atoms with E-state index in [-0.39, 0.29) is 0 Å². The molecule has 1 fully saturated rings. The first-order valence-corrected chi connectivity index (χ1v) is 7.22. The molecule has 0 radical (unpaired) electrons. The second kappa shape index (κ2) is 4.67. The van der Waals surface area contributed by atoms with Gasteiger partial charge in [-0.05, 0) is 35.8 Å². The Kier molecular flexibility index (Phi) is 3.16. The molecule has 0 bridgehead atoms. The van der Waals surface area contributed by atoms with E-state index < -0.39 is 0 Å². The third-order valence-electron chi connectivity index (χ3n) is 4.95. The minimum absolute atomic E-state index is 0.340. The van der Waals surface area contributed by atoms with Gasteiger partial charge in [0, 0.05) is 25.7 Å². The summed E-state index contributed by atoms with van der Waals surface area (Å²) < 4.78 is 0. The Balaban J connectivity index is 1.69. The van der Waals surface area contributed by atoms with Crippen molar-refractivity contribution >= 4 is 0 Å². The second-order valence-electron chi connectivity index (χ2n) is 6.38. The maximum absolute atomic E-state index is 6.30. The molecule has 18 heavy (non-hydrogen) atoms. The Hall–Kier alpha value is -0.860. The van der Waals surface area contributed by atoms with Crippen LogP contribution in [0.5, 0.6) is 0 Å². The topological polar surface area (TPSA) is 29.3 Å². The summed E-state index contributed by atoms with van der Waals surface area (Å²) in [4.78, 5) is 2.60. The van der Waals surface area contributed by atoms with Gasteiger partial charge in [0.05, 0.1) is 0 Å². The maximum atomic E-state index is 6.30. The molecule has 2 nitrogen and oxygen atoms in total. The zero-order chi connectivity index (χ0) is 12.6. The van der Waals surface area contributed by atoms with Crippen LogP contribution in [-0.4, -0.2) is 24.0 Å². The van der Waals surface area contributed by atoms with E-state index in [0.717, 1.165) is 6.54 Å². The molecule has 1 heterocycles. The average molecular weight is 244 g/mol. The molecule has 0 saturated heterocycles. The van der Waals surface area contributed by atoms with Gasteiger partial charge in [0.25, 0.3) is 0 Å². The van der Waals surface area contributed by atoms with E-state index in [1.54, 1.807) is 0 Å². The summed E-state index contributed by atoms with van der Waals surface area (Å²) in [5, 5.41) is 0. The Morgan fingerprint density at radius 1 is 1.33 bits per heavy atom. The summed E-state index contributed by atoms with van der Waals surface area (Å²) in [5.74, 6) is 0. The minimum atomic E-state index is 0.340. The van der Waals surface area contributed by atoms with Crippen molar-refractivity contribution in [2.75, 3.05) is 13.1 Å². The van der Waals surface area contributed by atoms with Crippen LogP contribution in [0.15, 0.2) is 24.3 Å². The average Bonchev–Trinajstić information content (AvgIpc) is 2.69. The standard InChI is InChI=1S/C16H24N2/c1-16(9-4-7-15(16)17)12-18-10-8-13-5-2-3-6-14(13)11-18/h2-3,5-6,15H,4,7-12,17H2,1H3. The van der Waals surface area contributed by atoms with Gasteiger partial charge in [-0.1, -0.05) is 37.6 Å². The van der Waals surface area contributed by atoms with Crippen LogP contribution in [0.2, 0.25) is 0 Å². The molecule has 1 aliphatic heterocycles. The van der Waals surface area contributed by atoms with Gasteiger partial charge in [0.1, 0.15) is 0 Å². The number of benzene rings is 1. The lowest BCUT2D eigenvalue weighted by Gasteiger charge is -2.38. The van der Waals surface area contributed by atoms with Gasteiger partial charge < -0.3 is 5.73 Å². The van der Waals surface area contributed by atoms with E-state index in [1.807, 2.05) is 0 Å². The molecule has 0 aromatic heterocycles. The lowest BCUT2D eigenvalue weighted by Crippen LogP contribution is -2.45. The molecule has 1 aliphatic carbocycles. The summed E-state index contributed by atoms with van der Waals surface area (Å²) in [6.45, 7) is 5.85. The maximum Gasteiger partial charge on any atom is 0.0236 e. The van der Waals surface area contributed by atoms with Gasteiger partial charge in [-0.15, -0.1) is 0 Å². The molecule has 98 valence electrons. The Morgan fingerprint density at radius 2 is 2.11 bits per heavy atom. The van der Waals surface area contributed by atoms with Crippen LogP contribution in [0.4, 0.5) is 0 Å². The van der Waals surface area contributed by atoms with Crippen LogP contribution >= 0.6 is 0 Å². The normalized spacial score (nSPS) is 32.4. The summed E-state index contributed by atoms with van der Waals surface area (Å²) in [5.41, 5.74) is 9.69. The highest BCUT2D eigenvalue weighted by molar-refractivity contribution is 5.29. The van der Waals surface area contributed by atoms with E-state index in [9.17, 15) is 0 Å². The molecule has 1 saturated carbocycles. The van der Waals surface area contributed by atoms with Crippen molar-refractivity contribution in [1.82, 2.24) is 4.90 Å². The van der Waals surface area contributed by atoms with E-state index in [1.165, 1.54) is 49.9 Å². The molecule has 1 aromatic carbocycles. The third kappa shape index (κ3) is 2.19. The van der Waals surface area contributed by atoms with Gasteiger partial charge >= 0.3 is 0 Å². The number of hydrogen-bond donors (Lipinski definition) is 1. The molecule has 2 unspecified atom stereocenters. The highest BCUT2D eigenvalue weighted by Crippen LogP contribution is 2.38. The van der Waals surface area contributed by atoms with Crippen LogP contribution < -0.4 is 5.73 Å². The van der Waals surface area contributed by atoms with Crippen molar-refractivity contribution in [1.29, 1.82) is 0 Å². The van der Waals surface area contributed by atoms with E-state index in [4.69, 9.17) is 5.73 Å². The first-order valence-electron chi connectivity index (χ1n) is 7.22. The Labute approximate surface area is 110 Å². The van der Waals surface area contributed by atoms with Gasteiger partial charge in [0.15, 0.2) is 0 Å². The van der Waals surface area contributed by atoms with Crippen molar-refractivity contribution in [3.8, 4) is 0 Å².